The third kappa shape index (κ3) is 3.66. The molecule has 0 radical (unpaired) electrons. The lowest BCUT2D eigenvalue weighted by Gasteiger charge is -2.24. The molecule has 6 nitrogen and oxygen atoms in total. The van der Waals surface area contributed by atoms with Crippen LogP contribution in [0.15, 0.2) is 23.8 Å². The number of pyridine rings is 1. The second-order valence-electron chi connectivity index (χ2n) is 6.74. The van der Waals surface area contributed by atoms with E-state index in [1.807, 2.05) is 15.8 Å². The molecule has 1 saturated carbocycles. The number of nitrogens with zero attached hydrogens (tertiary/aromatic N) is 3. The second-order valence-corrected chi connectivity index (χ2v) is 7.99. The number of halogens is 1. The van der Waals surface area contributed by atoms with E-state index < -0.39 is 0 Å². The van der Waals surface area contributed by atoms with Crippen molar-refractivity contribution in [1.82, 2.24) is 14.4 Å². The Labute approximate surface area is 166 Å². The van der Waals surface area contributed by atoms with Gasteiger partial charge in [-0.25, -0.2) is 4.98 Å². The molecule has 0 spiro atoms. The number of aromatic nitrogens is 3. The maximum Gasteiger partial charge on any atom is 0.311 e. The van der Waals surface area contributed by atoms with Gasteiger partial charge < -0.3 is 10.1 Å². The monoisotopic (exact) mass is 404 g/mol. The van der Waals surface area contributed by atoms with Crippen LogP contribution in [-0.2, 0) is 16.0 Å². The molecule has 0 bridgehead atoms. The second kappa shape index (κ2) is 7.86. The van der Waals surface area contributed by atoms with Crippen molar-refractivity contribution in [2.24, 2.45) is 0 Å². The van der Waals surface area contributed by atoms with Crippen LogP contribution in [0.1, 0.15) is 37.8 Å². The Bertz CT molecular complexity index is 962. The van der Waals surface area contributed by atoms with Crippen LogP contribution in [0.3, 0.4) is 0 Å². The zero-order valence-corrected chi connectivity index (χ0v) is 16.6. The highest BCUT2D eigenvalue weighted by molar-refractivity contribution is 7.15. The molecular weight excluding hydrogens is 384 g/mol. The number of thiazole rings is 1. The van der Waals surface area contributed by atoms with Crippen molar-refractivity contribution in [2.45, 2.75) is 44.6 Å². The summed E-state index contributed by atoms with van der Waals surface area (Å²) in [5.41, 5.74) is 2.50. The summed E-state index contributed by atoms with van der Waals surface area (Å²) in [5, 5.41) is 6.21. The van der Waals surface area contributed by atoms with Crippen molar-refractivity contribution in [3.05, 3.63) is 34.6 Å². The Kier molecular flexibility index (Phi) is 5.31. The minimum absolute atomic E-state index is 0.204. The smallest absolute Gasteiger partial charge is 0.311 e. The summed E-state index contributed by atoms with van der Waals surface area (Å²) in [4.78, 5) is 21.6. The molecule has 0 saturated heterocycles. The number of rotatable bonds is 5. The van der Waals surface area contributed by atoms with Crippen LogP contribution < -0.4 is 5.32 Å². The lowest BCUT2D eigenvalue weighted by molar-refractivity contribution is -0.139. The maximum absolute atomic E-state index is 11.9. The van der Waals surface area contributed by atoms with Gasteiger partial charge in [0.05, 0.1) is 18.6 Å². The van der Waals surface area contributed by atoms with E-state index in [1.54, 1.807) is 12.4 Å². The number of anilines is 1. The van der Waals surface area contributed by atoms with Crippen LogP contribution in [-0.4, -0.2) is 33.5 Å². The lowest BCUT2D eigenvalue weighted by Crippen LogP contribution is -2.23. The van der Waals surface area contributed by atoms with Gasteiger partial charge in [0, 0.05) is 35.1 Å². The lowest BCUT2D eigenvalue weighted by atomic mass is 9.95. The molecule has 1 N–H and O–H groups in total. The van der Waals surface area contributed by atoms with E-state index in [0.29, 0.717) is 11.1 Å². The van der Waals surface area contributed by atoms with E-state index in [0.717, 1.165) is 40.6 Å². The third-order valence-electron chi connectivity index (χ3n) is 4.96. The van der Waals surface area contributed by atoms with Gasteiger partial charge >= 0.3 is 5.97 Å². The summed E-state index contributed by atoms with van der Waals surface area (Å²) in [6.45, 7) is 0. The predicted octanol–water partition coefficient (Wildman–Crippen LogP) is 4.57. The van der Waals surface area contributed by atoms with Crippen molar-refractivity contribution >= 4 is 39.7 Å². The zero-order valence-electron chi connectivity index (χ0n) is 15.1. The summed E-state index contributed by atoms with van der Waals surface area (Å²) < 4.78 is 6.89. The Balaban J connectivity index is 1.82. The van der Waals surface area contributed by atoms with Crippen LogP contribution in [0.4, 0.5) is 5.82 Å². The maximum atomic E-state index is 11.9. The summed E-state index contributed by atoms with van der Waals surface area (Å²) in [6.07, 6.45) is 9.55. The molecule has 0 unspecified atom stereocenters. The fourth-order valence-corrected chi connectivity index (χ4v) is 4.69. The van der Waals surface area contributed by atoms with Crippen molar-refractivity contribution in [3.63, 3.8) is 0 Å². The first kappa shape index (κ1) is 18.3. The molecule has 0 aliphatic heterocycles. The number of fused-ring (bicyclic) bond motifs is 1. The molecule has 1 fully saturated rings. The highest BCUT2D eigenvalue weighted by Gasteiger charge is 2.24. The molecule has 0 amide bonds. The van der Waals surface area contributed by atoms with Crippen molar-refractivity contribution in [3.8, 4) is 11.3 Å². The molecular formula is C19H21ClN4O2S. The molecule has 3 aromatic rings. The summed E-state index contributed by atoms with van der Waals surface area (Å²) in [6, 6.07) is 2.27. The van der Waals surface area contributed by atoms with Gasteiger partial charge in [-0.2, -0.15) is 0 Å². The van der Waals surface area contributed by atoms with Crippen LogP contribution >= 0.6 is 22.9 Å². The molecule has 1 aliphatic carbocycles. The first-order valence-electron chi connectivity index (χ1n) is 9.09. The molecule has 142 valence electrons. The number of hydrogen-bond acceptors (Lipinski definition) is 6. The largest absolute Gasteiger partial charge is 0.469 e. The number of carbonyl (C=O) groups excluding carboxylic acids is 1. The summed E-state index contributed by atoms with van der Waals surface area (Å²) in [7, 11) is 1.41. The van der Waals surface area contributed by atoms with Gasteiger partial charge in [0.15, 0.2) is 4.96 Å². The van der Waals surface area contributed by atoms with Gasteiger partial charge in [-0.15, -0.1) is 11.3 Å². The first-order valence-corrected chi connectivity index (χ1v) is 10.3. The average molecular weight is 405 g/mol. The van der Waals surface area contributed by atoms with E-state index in [-0.39, 0.29) is 12.4 Å². The Morgan fingerprint density at radius 1 is 1.41 bits per heavy atom. The van der Waals surface area contributed by atoms with Crippen molar-refractivity contribution in [1.29, 1.82) is 0 Å². The number of nitrogens with one attached hydrogen (secondary N) is 1. The number of imidazole rings is 1. The predicted molar refractivity (Wildman–Crippen MR) is 108 cm³/mol. The molecule has 27 heavy (non-hydrogen) atoms. The number of ether oxygens (including phenoxy) is 1. The van der Waals surface area contributed by atoms with Crippen LogP contribution in [0, 0.1) is 0 Å². The van der Waals surface area contributed by atoms with Crippen LogP contribution in [0.5, 0.6) is 0 Å². The SMILES string of the molecule is COC(=O)Cc1csc2nc(-c3ccncc3Cl)c(NC3CCCCC3)n12. The fraction of sp³-hybridized carbons (Fsp3) is 0.421. The highest BCUT2D eigenvalue weighted by Crippen LogP contribution is 2.37. The van der Waals surface area contributed by atoms with E-state index >= 15 is 0 Å². The average Bonchev–Trinajstić information content (AvgIpc) is 3.23. The van der Waals surface area contributed by atoms with Gasteiger partial charge in [0.25, 0.3) is 0 Å². The Hall–Kier alpha value is -2.12. The summed E-state index contributed by atoms with van der Waals surface area (Å²) in [5.74, 6) is 0.626. The quantitative estimate of drug-likeness (QED) is 0.631. The van der Waals surface area contributed by atoms with Crippen molar-refractivity contribution < 1.29 is 9.53 Å². The van der Waals surface area contributed by atoms with E-state index in [9.17, 15) is 4.79 Å². The summed E-state index contributed by atoms with van der Waals surface area (Å²) >= 11 is 7.91. The highest BCUT2D eigenvalue weighted by atomic mass is 35.5. The van der Waals surface area contributed by atoms with E-state index in [1.165, 1.54) is 37.7 Å². The topological polar surface area (TPSA) is 68.5 Å². The van der Waals surface area contributed by atoms with Crippen molar-refractivity contribution in [2.75, 3.05) is 12.4 Å². The molecule has 3 aromatic heterocycles. The molecule has 0 aromatic carbocycles. The Morgan fingerprint density at radius 2 is 2.22 bits per heavy atom. The Morgan fingerprint density at radius 3 is 2.96 bits per heavy atom. The van der Waals surface area contributed by atoms with Gasteiger partial charge in [-0.1, -0.05) is 30.9 Å². The molecule has 3 heterocycles. The number of methoxy groups -OCH3 is 1. The van der Waals surface area contributed by atoms with Gasteiger partial charge in [0.1, 0.15) is 11.5 Å². The third-order valence-corrected chi connectivity index (χ3v) is 6.14. The fourth-order valence-electron chi connectivity index (χ4n) is 3.59. The number of esters is 1. The van der Waals surface area contributed by atoms with Gasteiger partial charge in [-0.3, -0.25) is 14.2 Å². The first-order chi connectivity index (χ1) is 13.2. The number of hydrogen-bond donors (Lipinski definition) is 1. The van der Waals surface area contributed by atoms with Gasteiger partial charge in [0.2, 0.25) is 0 Å². The van der Waals surface area contributed by atoms with Crippen LogP contribution in [0.2, 0.25) is 5.02 Å². The minimum Gasteiger partial charge on any atom is -0.469 e. The normalized spacial score (nSPS) is 15.2. The van der Waals surface area contributed by atoms with Crippen LogP contribution in [0.25, 0.3) is 16.2 Å². The molecule has 8 heteroatoms. The number of carbonyl (C=O) groups is 1. The van der Waals surface area contributed by atoms with Gasteiger partial charge in [-0.05, 0) is 18.9 Å². The van der Waals surface area contributed by atoms with E-state index in [4.69, 9.17) is 21.3 Å². The molecule has 0 atom stereocenters. The molecule has 1 aliphatic rings. The standard InChI is InChI=1S/C19H21ClN4O2S/c1-26-16(25)9-13-11-27-19-23-17(14-7-8-21-10-15(14)20)18(24(13)19)22-12-5-3-2-4-6-12/h7-8,10-12,22H,2-6,9H2,1H3. The van der Waals surface area contributed by atoms with E-state index in [2.05, 4.69) is 10.3 Å². The molecule has 4 rings (SSSR count). The minimum atomic E-state index is -0.268. The zero-order chi connectivity index (χ0) is 18.8.